The summed E-state index contributed by atoms with van der Waals surface area (Å²) in [7, 11) is 0.356. The maximum Gasteiger partial charge on any atom is 0.240 e. The van der Waals surface area contributed by atoms with Crippen LogP contribution in [0.25, 0.3) is 0 Å². The quantitative estimate of drug-likeness (QED) is 0.802. The maximum atomic E-state index is 12.3. The molecule has 0 radical (unpaired) electrons. The average molecular weight is 314 g/mol. The highest BCUT2D eigenvalue weighted by Gasteiger charge is 2.23. The molecule has 0 heterocycles. The van der Waals surface area contributed by atoms with Gasteiger partial charge >= 0.3 is 0 Å². The molecule has 1 atom stereocenters. The lowest BCUT2D eigenvalue weighted by Gasteiger charge is -2.28. The lowest BCUT2D eigenvalue weighted by atomic mass is 9.93. The number of hydrogen-bond donors (Lipinski definition) is 2. The molecule has 0 fully saturated rings. The zero-order valence-corrected chi connectivity index (χ0v) is 14.2. The van der Waals surface area contributed by atoms with Gasteiger partial charge in [-0.1, -0.05) is 26.0 Å². The zero-order valence-electron chi connectivity index (χ0n) is 13.4. The van der Waals surface area contributed by atoms with E-state index < -0.39 is 16.1 Å². The zero-order chi connectivity index (χ0) is 16.3. The summed E-state index contributed by atoms with van der Waals surface area (Å²) in [5, 5.41) is 9.55. The van der Waals surface area contributed by atoms with Gasteiger partial charge in [-0.3, -0.25) is 0 Å². The summed E-state index contributed by atoms with van der Waals surface area (Å²) in [6.07, 6.45) is -0.690. The van der Waals surface area contributed by atoms with Crippen molar-refractivity contribution in [1.82, 2.24) is 9.62 Å². The molecule has 0 aromatic heterocycles. The predicted octanol–water partition coefficient (Wildman–Crippen LogP) is 1.61. The SMILES string of the molecule is CC(O)c1cccc(S(=O)(=O)NCC(C)(C)CN(C)C)c1. The molecule has 0 bridgehead atoms. The van der Waals surface area contributed by atoms with Crippen LogP contribution < -0.4 is 4.72 Å². The minimum absolute atomic E-state index is 0.168. The lowest BCUT2D eigenvalue weighted by Crippen LogP contribution is -2.39. The van der Waals surface area contributed by atoms with Gasteiger partial charge in [0.1, 0.15) is 0 Å². The number of aliphatic hydroxyl groups excluding tert-OH is 1. The molecule has 0 saturated carbocycles. The molecule has 0 spiro atoms. The molecule has 2 N–H and O–H groups in total. The monoisotopic (exact) mass is 314 g/mol. The third-order valence-corrected chi connectivity index (χ3v) is 4.53. The number of sulfonamides is 1. The van der Waals surface area contributed by atoms with Gasteiger partial charge in [-0.25, -0.2) is 13.1 Å². The summed E-state index contributed by atoms with van der Waals surface area (Å²) in [5.41, 5.74) is 0.420. The summed E-state index contributed by atoms with van der Waals surface area (Å²) in [5.74, 6) is 0. The van der Waals surface area contributed by atoms with Crippen LogP contribution in [0.1, 0.15) is 32.4 Å². The third kappa shape index (κ3) is 5.74. The molecule has 6 heteroatoms. The van der Waals surface area contributed by atoms with Crippen molar-refractivity contribution in [1.29, 1.82) is 0 Å². The van der Waals surface area contributed by atoms with E-state index in [0.29, 0.717) is 12.1 Å². The molecule has 21 heavy (non-hydrogen) atoms. The molecule has 0 amide bonds. The van der Waals surface area contributed by atoms with E-state index in [0.717, 1.165) is 6.54 Å². The summed E-state index contributed by atoms with van der Waals surface area (Å²) < 4.78 is 27.3. The Morgan fingerprint density at radius 3 is 2.48 bits per heavy atom. The second kappa shape index (κ2) is 6.87. The fourth-order valence-electron chi connectivity index (χ4n) is 2.23. The smallest absolute Gasteiger partial charge is 0.240 e. The van der Waals surface area contributed by atoms with Crippen LogP contribution >= 0.6 is 0 Å². The molecule has 1 unspecified atom stereocenters. The minimum atomic E-state index is -3.56. The number of benzene rings is 1. The predicted molar refractivity (Wildman–Crippen MR) is 84.6 cm³/mol. The van der Waals surface area contributed by atoms with Crippen LogP contribution in [0, 0.1) is 5.41 Å². The summed E-state index contributed by atoms with van der Waals surface area (Å²) >= 11 is 0. The van der Waals surface area contributed by atoms with E-state index in [1.165, 1.54) is 12.1 Å². The van der Waals surface area contributed by atoms with Gasteiger partial charge in [-0.05, 0) is 44.1 Å². The number of nitrogens with zero attached hydrogens (tertiary/aromatic N) is 1. The Bertz CT molecular complexity index is 566. The molecular weight excluding hydrogens is 288 g/mol. The van der Waals surface area contributed by atoms with Crippen LogP contribution in [0.5, 0.6) is 0 Å². The fraction of sp³-hybridized carbons (Fsp3) is 0.600. The van der Waals surface area contributed by atoms with Crippen molar-refractivity contribution in [2.45, 2.75) is 31.8 Å². The molecular formula is C15H26N2O3S. The highest BCUT2D eigenvalue weighted by Crippen LogP contribution is 2.19. The number of nitrogens with one attached hydrogen (secondary N) is 1. The van der Waals surface area contributed by atoms with Crippen LogP contribution in [-0.2, 0) is 10.0 Å². The number of hydrogen-bond acceptors (Lipinski definition) is 4. The largest absolute Gasteiger partial charge is 0.389 e. The van der Waals surface area contributed by atoms with E-state index in [1.54, 1.807) is 19.1 Å². The minimum Gasteiger partial charge on any atom is -0.389 e. The summed E-state index contributed by atoms with van der Waals surface area (Å²) in [6.45, 7) is 6.78. The normalized spacial score (nSPS) is 14.4. The third-order valence-electron chi connectivity index (χ3n) is 3.14. The van der Waals surface area contributed by atoms with Crippen molar-refractivity contribution in [2.24, 2.45) is 5.41 Å². The van der Waals surface area contributed by atoms with Crippen molar-refractivity contribution in [2.75, 3.05) is 27.2 Å². The van der Waals surface area contributed by atoms with E-state index in [2.05, 4.69) is 4.72 Å². The standard InChI is InChI=1S/C15H26N2O3S/c1-12(18)13-7-6-8-14(9-13)21(19,20)16-10-15(2,3)11-17(4)5/h6-9,12,16,18H,10-11H2,1-5H3. The Kier molecular flexibility index (Phi) is 5.92. The molecule has 0 aliphatic carbocycles. The van der Waals surface area contributed by atoms with Crippen molar-refractivity contribution in [3.05, 3.63) is 29.8 Å². The van der Waals surface area contributed by atoms with Gasteiger partial charge in [0.2, 0.25) is 10.0 Å². The van der Waals surface area contributed by atoms with Crippen LogP contribution in [0.2, 0.25) is 0 Å². The van der Waals surface area contributed by atoms with Gasteiger partial charge in [0.05, 0.1) is 11.0 Å². The van der Waals surface area contributed by atoms with Crippen molar-refractivity contribution < 1.29 is 13.5 Å². The Balaban J connectivity index is 2.85. The highest BCUT2D eigenvalue weighted by molar-refractivity contribution is 7.89. The highest BCUT2D eigenvalue weighted by atomic mass is 32.2. The van der Waals surface area contributed by atoms with Gasteiger partial charge in [-0.2, -0.15) is 0 Å². The summed E-state index contributed by atoms with van der Waals surface area (Å²) in [4.78, 5) is 2.21. The van der Waals surface area contributed by atoms with E-state index in [-0.39, 0.29) is 10.3 Å². The Labute approximate surface area is 128 Å². The van der Waals surface area contributed by atoms with Gasteiger partial charge < -0.3 is 10.0 Å². The van der Waals surface area contributed by atoms with E-state index in [9.17, 15) is 13.5 Å². The molecule has 1 rings (SSSR count). The second-order valence-corrected chi connectivity index (χ2v) is 8.24. The first-order valence-corrected chi connectivity index (χ1v) is 8.44. The van der Waals surface area contributed by atoms with Crippen molar-refractivity contribution in [3.63, 3.8) is 0 Å². The Morgan fingerprint density at radius 2 is 1.95 bits per heavy atom. The molecule has 5 nitrogen and oxygen atoms in total. The fourth-order valence-corrected chi connectivity index (χ4v) is 3.52. The first-order valence-electron chi connectivity index (χ1n) is 6.96. The molecule has 0 aliphatic heterocycles. The molecule has 1 aromatic carbocycles. The average Bonchev–Trinajstić information content (AvgIpc) is 2.35. The number of rotatable bonds is 7. The first-order chi connectivity index (χ1) is 9.53. The van der Waals surface area contributed by atoms with Crippen LogP contribution in [0.15, 0.2) is 29.2 Å². The number of aliphatic hydroxyl groups is 1. The first kappa shape index (κ1) is 18.1. The lowest BCUT2D eigenvalue weighted by molar-refractivity contribution is 0.199. The second-order valence-electron chi connectivity index (χ2n) is 6.48. The molecule has 0 aliphatic rings. The Hall–Kier alpha value is -0.950. The summed E-state index contributed by atoms with van der Waals surface area (Å²) in [6, 6.07) is 6.39. The van der Waals surface area contributed by atoms with Crippen LogP contribution in [-0.4, -0.2) is 45.6 Å². The molecule has 1 aromatic rings. The Morgan fingerprint density at radius 1 is 1.33 bits per heavy atom. The molecule has 0 saturated heterocycles. The van der Waals surface area contributed by atoms with Crippen molar-refractivity contribution >= 4 is 10.0 Å². The van der Waals surface area contributed by atoms with E-state index in [1.807, 2.05) is 32.8 Å². The van der Waals surface area contributed by atoms with Gasteiger partial charge in [0.25, 0.3) is 0 Å². The van der Waals surface area contributed by atoms with Gasteiger partial charge in [0.15, 0.2) is 0 Å². The van der Waals surface area contributed by atoms with E-state index in [4.69, 9.17) is 0 Å². The van der Waals surface area contributed by atoms with Crippen LogP contribution in [0.4, 0.5) is 0 Å². The van der Waals surface area contributed by atoms with E-state index >= 15 is 0 Å². The maximum absolute atomic E-state index is 12.3. The van der Waals surface area contributed by atoms with Crippen molar-refractivity contribution in [3.8, 4) is 0 Å². The molecule has 120 valence electrons. The van der Waals surface area contributed by atoms with Gasteiger partial charge in [-0.15, -0.1) is 0 Å². The topological polar surface area (TPSA) is 69.6 Å². The van der Waals surface area contributed by atoms with Gasteiger partial charge in [0, 0.05) is 13.1 Å². The van der Waals surface area contributed by atoms with Crippen LogP contribution in [0.3, 0.4) is 0 Å².